The largest absolute Gasteiger partial charge is 0.506 e. The fourth-order valence-corrected chi connectivity index (χ4v) is 2.27. The molecule has 0 radical (unpaired) electrons. The number of fused-ring (bicyclic) bond motifs is 1. The highest BCUT2D eigenvalue weighted by molar-refractivity contribution is 5.83. The van der Waals surface area contributed by atoms with Crippen molar-refractivity contribution >= 4 is 16.6 Å². The molecule has 1 aliphatic heterocycles. The van der Waals surface area contributed by atoms with Crippen LogP contribution in [0.3, 0.4) is 0 Å². The van der Waals surface area contributed by atoms with Gasteiger partial charge in [0.15, 0.2) is 0 Å². The van der Waals surface area contributed by atoms with Crippen molar-refractivity contribution < 1.29 is 5.11 Å². The highest BCUT2D eigenvalue weighted by Gasteiger charge is 2.12. The van der Waals surface area contributed by atoms with Gasteiger partial charge in [-0.3, -0.25) is 4.98 Å². The molecule has 1 aromatic carbocycles. The quantitative estimate of drug-likeness (QED) is 0.792. The first kappa shape index (κ1) is 9.46. The maximum absolute atomic E-state index is 9.34. The van der Waals surface area contributed by atoms with Crippen LogP contribution in [0.25, 0.3) is 10.9 Å². The molecule has 82 valence electrons. The monoisotopic (exact) mass is 214 g/mol. The molecule has 0 aliphatic carbocycles. The minimum absolute atomic E-state index is 0.224. The molecule has 1 saturated heterocycles. The Bertz CT molecular complexity index is 518. The van der Waals surface area contributed by atoms with E-state index in [4.69, 9.17) is 0 Å². The molecule has 0 saturated carbocycles. The Labute approximate surface area is 94.3 Å². The Morgan fingerprint density at radius 3 is 2.75 bits per heavy atom. The van der Waals surface area contributed by atoms with Crippen molar-refractivity contribution in [2.45, 2.75) is 12.8 Å². The molecule has 1 fully saturated rings. The molecule has 3 heteroatoms. The van der Waals surface area contributed by atoms with Gasteiger partial charge in [0.1, 0.15) is 5.75 Å². The lowest BCUT2D eigenvalue weighted by Crippen LogP contribution is -2.17. The van der Waals surface area contributed by atoms with Gasteiger partial charge < -0.3 is 10.0 Å². The molecule has 16 heavy (non-hydrogen) atoms. The smallest absolute Gasteiger partial charge is 0.134 e. The number of anilines is 1. The first-order chi connectivity index (χ1) is 7.83. The normalized spacial score (nSPS) is 15.9. The summed E-state index contributed by atoms with van der Waals surface area (Å²) in [5.41, 5.74) is 2.19. The van der Waals surface area contributed by atoms with E-state index in [2.05, 4.69) is 22.0 Å². The van der Waals surface area contributed by atoms with Crippen LogP contribution in [0, 0.1) is 0 Å². The minimum atomic E-state index is 0.224. The summed E-state index contributed by atoms with van der Waals surface area (Å²) in [6.07, 6.45) is 4.05. The van der Waals surface area contributed by atoms with Crippen LogP contribution in [0.5, 0.6) is 5.75 Å². The average Bonchev–Trinajstić information content (AvgIpc) is 2.82. The van der Waals surface area contributed by atoms with Crippen molar-refractivity contribution in [1.82, 2.24) is 4.98 Å². The molecule has 0 spiro atoms. The van der Waals surface area contributed by atoms with Gasteiger partial charge >= 0.3 is 0 Å². The second-order valence-electron chi connectivity index (χ2n) is 4.26. The Balaban J connectivity index is 2.05. The van der Waals surface area contributed by atoms with E-state index in [1.807, 2.05) is 6.07 Å². The number of rotatable bonds is 1. The number of nitrogens with zero attached hydrogens (tertiary/aromatic N) is 2. The Kier molecular flexibility index (Phi) is 2.17. The van der Waals surface area contributed by atoms with Crippen LogP contribution in [0.15, 0.2) is 30.5 Å². The van der Waals surface area contributed by atoms with Crippen LogP contribution in [0.1, 0.15) is 12.8 Å². The van der Waals surface area contributed by atoms with Crippen LogP contribution in [-0.4, -0.2) is 23.2 Å². The van der Waals surface area contributed by atoms with Gasteiger partial charge in [-0.05, 0) is 31.0 Å². The van der Waals surface area contributed by atoms with Crippen molar-refractivity contribution in [3.05, 3.63) is 30.5 Å². The lowest BCUT2D eigenvalue weighted by atomic mass is 10.2. The fraction of sp³-hybridized carbons (Fsp3) is 0.308. The molecule has 0 bridgehead atoms. The van der Waals surface area contributed by atoms with Crippen LogP contribution >= 0.6 is 0 Å². The fourth-order valence-electron chi connectivity index (χ4n) is 2.27. The van der Waals surface area contributed by atoms with Crippen LogP contribution in [-0.2, 0) is 0 Å². The minimum Gasteiger partial charge on any atom is -0.506 e. The Hall–Kier alpha value is -1.77. The van der Waals surface area contributed by atoms with Gasteiger partial charge in [-0.25, -0.2) is 0 Å². The van der Waals surface area contributed by atoms with Crippen molar-refractivity contribution in [3.63, 3.8) is 0 Å². The van der Waals surface area contributed by atoms with Gasteiger partial charge in [-0.1, -0.05) is 6.07 Å². The maximum atomic E-state index is 9.34. The van der Waals surface area contributed by atoms with Gasteiger partial charge in [-0.2, -0.15) is 0 Å². The first-order valence-corrected chi connectivity index (χ1v) is 5.67. The molecule has 1 N–H and O–H groups in total. The zero-order chi connectivity index (χ0) is 11.0. The summed E-state index contributed by atoms with van der Waals surface area (Å²) in [6.45, 7) is 2.28. The van der Waals surface area contributed by atoms with Gasteiger partial charge in [0.05, 0.1) is 11.7 Å². The molecule has 3 rings (SSSR count). The van der Waals surface area contributed by atoms with E-state index in [1.54, 1.807) is 6.07 Å². The Morgan fingerprint density at radius 2 is 1.94 bits per heavy atom. The molecule has 0 amide bonds. The highest BCUT2D eigenvalue weighted by Crippen LogP contribution is 2.25. The van der Waals surface area contributed by atoms with E-state index in [9.17, 15) is 5.11 Å². The number of benzene rings is 1. The van der Waals surface area contributed by atoms with E-state index in [0.717, 1.165) is 24.0 Å². The van der Waals surface area contributed by atoms with Crippen molar-refractivity contribution in [2.75, 3.05) is 18.0 Å². The molecular weight excluding hydrogens is 200 g/mol. The lowest BCUT2D eigenvalue weighted by Gasteiger charge is -2.17. The predicted molar refractivity (Wildman–Crippen MR) is 64.9 cm³/mol. The lowest BCUT2D eigenvalue weighted by molar-refractivity contribution is 0.474. The van der Waals surface area contributed by atoms with E-state index < -0.39 is 0 Å². The molecule has 3 nitrogen and oxygen atoms in total. The molecule has 2 heterocycles. The van der Waals surface area contributed by atoms with E-state index in [1.165, 1.54) is 24.7 Å². The summed E-state index contributed by atoms with van der Waals surface area (Å²) in [5, 5.41) is 10.3. The van der Waals surface area contributed by atoms with Gasteiger partial charge in [0, 0.05) is 24.2 Å². The molecule has 0 atom stereocenters. The first-order valence-electron chi connectivity index (χ1n) is 5.67. The number of pyridine rings is 1. The van der Waals surface area contributed by atoms with Crippen molar-refractivity contribution in [3.8, 4) is 5.75 Å². The summed E-state index contributed by atoms with van der Waals surface area (Å²) in [7, 11) is 0. The highest BCUT2D eigenvalue weighted by atomic mass is 16.3. The molecule has 2 aromatic rings. The SMILES string of the molecule is Oc1cnc2cc(N3CCCC3)ccc2c1. The molecule has 0 unspecified atom stereocenters. The zero-order valence-corrected chi connectivity index (χ0v) is 9.06. The topological polar surface area (TPSA) is 36.4 Å². The summed E-state index contributed by atoms with van der Waals surface area (Å²) in [4.78, 5) is 6.62. The standard InChI is InChI=1S/C13H14N2O/c16-12-7-10-3-4-11(8-13(10)14-9-12)15-5-1-2-6-15/h3-4,7-9,16H,1-2,5-6H2. The summed E-state index contributed by atoms with van der Waals surface area (Å²) in [6, 6.07) is 7.97. The van der Waals surface area contributed by atoms with Gasteiger partial charge in [0.25, 0.3) is 0 Å². The van der Waals surface area contributed by atoms with Crippen LogP contribution in [0.4, 0.5) is 5.69 Å². The number of aromatic hydroxyl groups is 1. The molecular formula is C13H14N2O. The van der Waals surface area contributed by atoms with Crippen molar-refractivity contribution in [2.24, 2.45) is 0 Å². The van der Waals surface area contributed by atoms with E-state index in [0.29, 0.717) is 0 Å². The summed E-state index contributed by atoms with van der Waals surface area (Å²) in [5.74, 6) is 0.224. The van der Waals surface area contributed by atoms with Gasteiger partial charge in [0.2, 0.25) is 0 Å². The molecule has 1 aliphatic rings. The zero-order valence-electron chi connectivity index (χ0n) is 9.06. The van der Waals surface area contributed by atoms with E-state index in [-0.39, 0.29) is 5.75 Å². The van der Waals surface area contributed by atoms with E-state index >= 15 is 0 Å². The summed E-state index contributed by atoms with van der Waals surface area (Å²) < 4.78 is 0. The molecule has 1 aromatic heterocycles. The van der Waals surface area contributed by atoms with Crippen LogP contribution < -0.4 is 4.90 Å². The number of aromatic nitrogens is 1. The maximum Gasteiger partial charge on any atom is 0.134 e. The average molecular weight is 214 g/mol. The third kappa shape index (κ3) is 1.58. The Morgan fingerprint density at radius 1 is 1.12 bits per heavy atom. The number of hydrogen-bond acceptors (Lipinski definition) is 3. The van der Waals surface area contributed by atoms with Crippen molar-refractivity contribution in [1.29, 1.82) is 0 Å². The third-order valence-electron chi connectivity index (χ3n) is 3.12. The third-order valence-corrected chi connectivity index (χ3v) is 3.12. The predicted octanol–water partition coefficient (Wildman–Crippen LogP) is 2.54. The second-order valence-corrected chi connectivity index (χ2v) is 4.26. The van der Waals surface area contributed by atoms with Gasteiger partial charge in [-0.15, -0.1) is 0 Å². The van der Waals surface area contributed by atoms with Crippen LogP contribution in [0.2, 0.25) is 0 Å². The summed E-state index contributed by atoms with van der Waals surface area (Å²) >= 11 is 0. The number of hydrogen-bond donors (Lipinski definition) is 1. The second kappa shape index (κ2) is 3.67.